The molecule has 0 aromatic heterocycles. The molecule has 6 heteroatoms. The van der Waals surface area contributed by atoms with Crippen LogP contribution < -0.4 is 4.74 Å². The van der Waals surface area contributed by atoms with E-state index in [0.717, 1.165) is 11.1 Å². The maximum atomic E-state index is 12.7. The monoisotopic (exact) mass is 385 g/mol. The second-order valence-electron chi connectivity index (χ2n) is 6.19. The van der Waals surface area contributed by atoms with Gasteiger partial charge >= 0.3 is 6.09 Å². The van der Waals surface area contributed by atoms with Gasteiger partial charge in [0, 0.05) is 18.1 Å². The number of allylic oxidation sites excluding steroid dienone is 1. The molecule has 0 radical (unpaired) electrons. The van der Waals surface area contributed by atoms with Crippen molar-refractivity contribution in [1.82, 2.24) is 4.90 Å². The maximum Gasteiger partial charge on any atom is 0.415 e. The Hall–Kier alpha value is -2.63. The average Bonchev–Trinajstić information content (AvgIpc) is 2.69. The third-order valence-corrected chi connectivity index (χ3v) is 4.53. The number of ketones is 1. The molecule has 2 aromatic carbocycles. The molecule has 0 unspecified atom stereocenters. The minimum Gasteiger partial charge on any atom is -0.409 e. The first kappa shape index (κ1) is 19.1. The highest BCUT2D eigenvalue weighted by Gasteiger charge is 2.21. The Labute approximate surface area is 163 Å². The van der Waals surface area contributed by atoms with Gasteiger partial charge in [0.1, 0.15) is 5.75 Å². The molecular formula is C21H20ClNO4. The number of halogens is 1. The van der Waals surface area contributed by atoms with Crippen molar-refractivity contribution in [2.45, 2.75) is 6.92 Å². The first-order valence-electron chi connectivity index (χ1n) is 8.66. The van der Waals surface area contributed by atoms with E-state index in [9.17, 15) is 9.59 Å². The number of morpholine rings is 1. The zero-order valence-electron chi connectivity index (χ0n) is 15.0. The smallest absolute Gasteiger partial charge is 0.409 e. The van der Waals surface area contributed by atoms with Gasteiger partial charge in [0.25, 0.3) is 0 Å². The Kier molecular flexibility index (Phi) is 6.27. The van der Waals surface area contributed by atoms with Crippen LogP contribution in [0.25, 0.3) is 6.08 Å². The first-order chi connectivity index (χ1) is 13.0. The van der Waals surface area contributed by atoms with Crippen LogP contribution in [0.1, 0.15) is 21.5 Å². The molecule has 1 amide bonds. The minimum atomic E-state index is -0.480. The van der Waals surface area contributed by atoms with Crippen molar-refractivity contribution in [2.75, 3.05) is 26.3 Å². The van der Waals surface area contributed by atoms with Crippen molar-refractivity contribution in [3.63, 3.8) is 0 Å². The molecule has 0 saturated carbocycles. The van der Waals surface area contributed by atoms with Gasteiger partial charge in [0.2, 0.25) is 0 Å². The lowest BCUT2D eigenvalue weighted by molar-refractivity contribution is 0.0415. The van der Waals surface area contributed by atoms with Gasteiger partial charge in [-0.2, -0.15) is 0 Å². The lowest BCUT2D eigenvalue weighted by Crippen LogP contribution is -2.42. The molecule has 1 heterocycles. The van der Waals surface area contributed by atoms with Gasteiger partial charge in [-0.25, -0.2) is 4.79 Å². The van der Waals surface area contributed by atoms with E-state index in [2.05, 4.69) is 0 Å². The number of hydrogen-bond acceptors (Lipinski definition) is 4. The van der Waals surface area contributed by atoms with Crippen LogP contribution in [-0.2, 0) is 4.74 Å². The number of amides is 1. The summed E-state index contributed by atoms with van der Waals surface area (Å²) in [6.45, 7) is 3.79. The minimum absolute atomic E-state index is 0.242. The van der Waals surface area contributed by atoms with Crippen LogP contribution >= 0.6 is 11.6 Å². The molecule has 1 fully saturated rings. The van der Waals surface area contributed by atoms with Gasteiger partial charge in [-0.15, -0.1) is 0 Å². The van der Waals surface area contributed by atoms with Crippen molar-refractivity contribution in [1.29, 1.82) is 0 Å². The molecule has 0 atom stereocenters. The van der Waals surface area contributed by atoms with Crippen LogP contribution in [0.15, 0.2) is 48.5 Å². The second-order valence-corrected chi connectivity index (χ2v) is 6.59. The van der Waals surface area contributed by atoms with Gasteiger partial charge < -0.3 is 14.4 Å². The van der Waals surface area contributed by atoms with E-state index in [4.69, 9.17) is 21.1 Å². The molecule has 0 N–H and O–H groups in total. The number of nitrogens with zero attached hydrogens (tertiary/aromatic N) is 1. The fourth-order valence-electron chi connectivity index (χ4n) is 2.70. The summed E-state index contributed by atoms with van der Waals surface area (Å²) in [5.41, 5.74) is 1.97. The van der Waals surface area contributed by atoms with Gasteiger partial charge in [0.05, 0.1) is 18.8 Å². The highest BCUT2D eigenvalue weighted by Crippen LogP contribution is 2.23. The summed E-state index contributed by atoms with van der Waals surface area (Å²) in [4.78, 5) is 26.6. The summed E-state index contributed by atoms with van der Waals surface area (Å²) in [5.74, 6) is -0.0192. The number of hydrogen-bond donors (Lipinski definition) is 0. The molecule has 2 aromatic rings. The Morgan fingerprint density at radius 3 is 2.63 bits per heavy atom. The highest BCUT2D eigenvalue weighted by atomic mass is 35.5. The standard InChI is InChI=1S/C21H20ClNO4/c1-15-6-9-20(27-21(25)23-10-12-26-13-11-23)17(14-15)19(24)8-7-16-4-2-3-5-18(16)22/h2-9,14H,10-13H2,1H3/b8-7+. The molecule has 5 nitrogen and oxygen atoms in total. The van der Waals surface area contributed by atoms with E-state index >= 15 is 0 Å². The van der Waals surface area contributed by atoms with Gasteiger partial charge in [-0.1, -0.05) is 41.4 Å². The predicted molar refractivity (Wildman–Crippen MR) is 104 cm³/mol. The second kappa shape index (κ2) is 8.84. The average molecular weight is 386 g/mol. The molecule has 0 bridgehead atoms. The van der Waals surface area contributed by atoms with E-state index in [-0.39, 0.29) is 11.5 Å². The number of benzene rings is 2. The predicted octanol–water partition coefficient (Wildman–Crippen LogP) is 4.38. The van der Waals surface area contributed by atoms with E-state index in [1.54, 1.807) is 35.2 Å². The van der Waals surface area contributed by atoms with E-state index in [0.29, 0.717) is 36.9 Å². The lowest BCUT2D eigenvalue weighted by atomic mass is 10.1. The number of rotatable bonds is 4. The van der Waals surface area contributed by atoms with Crippen molar-refractivity contribution in [3.8, 4) is 5.75 Å². The molecule has 0 aliphatic carbocycles. The molecule has 1 saturated heterocycles. The Morgan fingerprint density at radius 2 is 1.89 bits per heavy atom. The Balaban J connectivity index is 1.80. The molecule has 27 heavy (non-hydrogen) atoms. The fraction of sp³-hybridized carbons (Fsp3) is 0.238. The maximum absolute atomic E-state index is 12.7. The van der Waals surface area contributed by atoms with Gasteiger partial charge in [-0.3, -0.25) is 4.79 Å². The third-order valence-electron chi connectivity index (χ3n) is 4.19. The van der Waals surface area contributed by atoms with Crippen LogP contribution in [0.4, 0.5) is 4.79 Å². The summed E-state index contributed by atoms with van der Waals surface area (Å²) in [7, 11) is 0. The van der Waals surface area contributed by atoms with Crippen molar-refractivity contribution >= 4 is 29.6 Å². The fourth-order valence-corrected chi connectivity index (χ4v) is 2.89. The molecule has 1 aliphatic heterocycles. The van der Waals surface area contributed by atoms with Crippen molar-refractivity contribution in [3.05, 3.63) is 70.3 Å². The summed E-state index contributed by atoms with van der Waals surface area (Å²) in [6, 6.07) is 12.4. The molecular weight excluding hydrogens is 366 g/mol. The van der Waals surface area contributed by atoms with Crippen LogP contribution in [0.2, 0.25) is 5.02 Å². The molecule has 3 rings (SSSR count). The van der Waals surface area contributed by atoms with Crippen molar-refractivity contribution < 1.29 is 19.1 Å². The number of aryl methyl sites for hydroxylation is 1. The van der Waals surface area contributed by atoms with Crippen LogP contribution in [0.5, 0.6) is 5.75 Å². The Bertz CT molecular complexity index is 872. The van der Waals surface area contributed by atoms with Crippen LogP contribution in [0.3, 0.4) is 0 Å². The van der Waals surface area contributed by atoms with Crippen LogP contribution in [-0.4, -0.2) is 43.1 Å². The van der Waals surface area contributed by atoms with Crippen molar-refractivity contribution in [2.24, 2.45) is 0 Å². The number of carbonyl (C=O) groups excluding carboxylic acids is 2. The molecule has 0 spiro atoms. The molecule has 1 aliphatic rings. The summed E-state index contributed by atoms with van der Waals surface area (Å²) >= 11 is 6.12. The van der Waals surface area contributed by atoms with Crippen LogP contribution in [0, 0.1) is 6.92 Å². The summed E-state index contributed by atoms with van der Waals surface area (Å²) < 4.78 is 10.7. The SMILES string of the molecule is Cc1ccc(OC(=O)N2CCOCC2)c(C(=O)/C=C/c2ccccc2Cl)c1. The quantitative estimate of drug-likeness (QED) is 0.579. The summed E-state index contributed by atoms with van der Waals surface area (Å²) in [6.07, 6.45) is 2.61. The highest BCUT2D eigenvalue weighted by molar-refractivity contribution is 6.32. The molecule has 140 valence electrons. The first-order valence-corrected chi connectivity index (χ1v) is 9.04. The normalized spacial score (nSPS) is 14.4. The topological polar surface area (TPSA) is 55.8 Å². The van der Waals surface area contributed by atoms with Gasteiger partial charge in [-0.05, 0) is 42.8 Å². The largest absolute Gasteiger partial charge is 0.415 e. The Morgan fingerprint density at radius 1 is 1.15 bits per heavy atom. The van der Waals surface area contributed by atoms with E-state index < -0.39 is 6.09 Å². The third kappa shape index (κ3) is 4.96. The number of carbonyl (C=O) groups is 2. The lowest BCUT2D eigenvalue weighted by Gasteiger charge is -2.26. The summed E-state index contributed by atoms with van der Waals surface area (Å²) in [5, 5.41) is 0.560. The number of ether oxygens (including phenoxy) is 2. The van der Waals surface area contributed by atoms with E-state index in [1.165, 1.54) is 6.08 Å². The zero-order valence-corrected chi connectivity index (χ0v) is 15.7. The van der Waals surface area contributed by atoms with Gasteiger partial charge in [0.15, 0.2) is 5.78 Å². The van der Waals surface area contributed by atoms with E-state index in [1.807, 2.05) is 25.1 Å². The zero-order chi connectivity index (χ0) is 19.2.